The molecule has 10 N–H and O–H groups in total. The molecule has 0 heterocycles. The Kier molecular flexibility index (Phi) is 11.2. The summed E-state index contributed by atoms with van der Waals surface area (Å²) in [5.74, 6) is -3.92. The molecule has 0 aromatic carbocycles. The summed E-state index contributed by atoms with van der Waals surface area (Å²) in [5, 5.41) is 91.6. The van der Waals surface area contributed by atoms with Crippen molar-refractivity contribution in [2.75, 3.05) is 13.2 Å². The van der Waals surface area contributed by atoms with Crippen molar-refractivity contribution in [3.05, 3.63) is 0 Å². The number of esters is 2. The van der Waals surface area contributed by atoms with Gasteiger partial charge in [-0.3, -0.25) is 0 Å². The minimum absolute atomic E-state index is 1.05. The number of ether oxygens (including phenoxy) is 2. The maximum absolute atomic E-state index is 11.4. The second kappa shape index (κ2) is 11.9. The van der Waals surface area contributed by atoms with Crippen molar-refractivity contribution in [2.24, 2.45) is 0 Å². The summed E-state index contributed by atoms with van der Waals surface area (Å²) in [6.07, 6.45) is -20.6. The third-order valence-electron chi connectivity index (χ3n) is 3.36. The van der Waals surface area contributed by atoms with E-state index in [4.69, 9.17) is 20.4 Å². The van der Waals surface area contributed by atoms with Crippen LogP contribution in [0.5, 0.6) is 0 Å². The molecule has 15 heteroatoms. The lowest BCUT2D eigenvalue weighted by Crippen LogP contribution is -2.50. The molecule has 0 aliphatic heterocycles. The van der Waals surface area contributed by atoms with Crippen molar-refractivity contribution in [3.8, 4) is 0 Å². The highest BCUT2D eigenvalue weighted by Crippen LogP contribution is 2.09. The lowest BCUT2D eigenvalue weighted by molar-refractivity contribution is -0.173. The van der Waals surface area contributed by atoms with Crippen molar-refractivity contribution >= 4 is 18.1 Å². The molecule has 0 rings (SSSR count). The topological polar surface area (TPSA) is 272 Å². The summed E-state index contributed by atoms with van der Waals surface area (Å²) >= 11 is 0. The Morgan fingerprint density at radius 1 is 0.571 bits per heavy atom. The molecule has 0 aromatic rings. The smallest absolute Gasteiger partial charge is 0.394 e. The number of hydrogen-bond acceptors (Lipinski definition) is 15. The van der Waals surface area contributed by atoms with Gasteiger partial charge in [0.15, 0.2) is 12.2 Å². The van der Waals surface area contributed by atoms with Crippen LogP contribution in [0, 0.1) is 0 Å². The van der Waals surface area contributed by atoms with Gasteiger partial charge in [0.1, 0.15) is 36.6 Å². The molecule has 8 atom stereocenters. The first kappa shape index (κ1) is 26.2. The highest BCUT2D eigenvalue weighted by Gasteiger charge is 2.39. The maximum Gasteiger partial charge on any atom is 0.524 e. The number of aliphatic hydroxyl groups is 10. The van der Waals surface area contributed by atoms with Gasteiger partial charge in [0, 0.05) is 0 Å². The van der Waals surface area contributed by atoms with Gasteiger partial charge in [-0.05, 0) is 0 Å². The van der Waals surface area contributed by atoms with Gasteiger partial charge in [-0.1, -0.05) is 0 Å². The van der Waals surface area contributed by atoms with Crippen LogP contribution >= 0.6 is 0 Å². The standard InChI is InChI=1S/C13H22O15/c14-1-3(16)5(18)7(20)9(22)11(24)27-13(26)28-12(25)10(23)8(21)6(19)4(17)2-15/h3-10,14-23H,1-2H2/t3-,4-,5-,6-,7+,8+,9-,10-/m1/s1. The van der Waals surface area contributed by atoms with E-state index in [0.717, 1.165) is 0 Å². The first-order valence-corrected chi connectivity index (χ1v) is 7.52. The normalized spacial score (nSPS) is 20.1. The van der Waals surface area contributed by atoms with Gasteiger partial charge in [-0.25, -0.2) is 14.4 Å². The first-order chi connectivity index (χ1) is 12.9. The fraction of sp³-hybridized carbons (Fsp3) is 0.769. The van der Waals surface area contributed by atoms with Gasteiger partial charge < -0.3 is 60.5 Å². The van der Waals surface area contributed by atoms with Gasteiger partial charge in [0.05, 0.1) is 13.2 Å². The van der Waals surface area contributed by atoms with Gasteiger partial charge >= 0.3 is 18.1 Å². The Balaban J connectivity index is 4.74. The van der Waals surface area contributed by atoms with E-state index in [-0.39, 0.29) is 0 Å². The second-order valence-electron chi connectivity index (χ2n) is 5.44. The number of carbonyl (C=O) groups is 3. The van der Waals surface area contributed by atoms with Gasteiger partial charge in [-0.15, -0.1) is 0 Å². The van der Waals surface area contributed by atoms with Crippen LogP contribution in [-0.2, 0) is 19.1 Å². The molecule has 0 saturated heterocycles. The summed E-state index contributed by atoms with van der Waals surface area (Å²) in [7, 11) is 0. The molecule has 0 aromatic heterocycles. The van der Waals surface area contributed by atoms with E-state index in [1.165, 1.54) is 0 Å². The van der Waals surface area contributed by atoms with Crippen molar-refractivity contribution in [1.82, 2.24) is 0 Å². The Hall–Kier alpha value is -1.79. The van der Waals surface area contributed by atoms with Gasteiger partial charge in [0.2, 0.25) is 0 Å². The summed E-state index contributed by atoms with van der Waals surface area (Å²) < 4.78 is 7.59. The first-order valence-electron chi connectivity index (χ1n) is 7.52. The quantitative estimate of drug-likeness (QED) is 0.117. The SMILES string of the molecule is O=C(OC(=O)[C@H](O)[C@@H](O)[C@H](O)[C@H](O)CO)OC(=O)[C@H](O)[C@@H](O)[C@H](O)[C@H](O)CO. The molecule has 0 amide bonds. The minimum Gasteiger partial charge on any atom is -0.394 e. The Morgan fingerprint density at radius 3 is 1.11 bits per heavy atom. The van der Waals surface area contributed by atoms with E-state index >= 15 is 0 Å². The molecule has 0 unspecified atom stereocenters. The second-order valence-corrected chi connectivity index (χ2v) is 5.44. The fourth-order valence-corrected chi connectivity index (χ4v) is 1.63. The van der Waals surface area contributed by atoms with Crippen LogP contribution < -0.4 is 0 Å². The fourth-order valence-electron chi connectivity index (χ4n) is 1.63. The van der Waals surface area contributed by atoms with Crippen LogP contribution in [-0.4, -0.2) is 131 Å². The van der Waals surface area contributed by atoms with Gasteiger partial charge in [-0.2, -0.15) is 0 Å². The zero-order valence-corrected chi connectivity index (χ0v) is 14.0. The summed E-state index contributed by atoms with van der Waals surface area (Å²) in [6, 6.07) is 0. The zero-order valence-electron chi connectivity index (χ0n) is 14.0. The number of carbonyl (C=O) groups excluding carboxylic acids is 3. The molecule has 0 saturated carbocycles. The molecule has 164 valence electrons. The molecule has 15 nitrogen and oxygen atoms in total. The molecule has 0 aliphatic rings. The predicted octanol–water partition coefficient (Wildman–Crippen LogP) is -6.94. The molecule has 28 heavy (non-hydrogen) atoms. The molecule has 0 aliphatic carbocycles. The van der Waals surface area contributed by atoms with Crippen molar-refractivity contribution < 1.29 is 74.9 Å². The zero-order chi connectivity index (χ0) is 22.2. The van der Waals surface area contributed by atoms with E-state index in [1.807, 2.05) is 0 Å². The van der Waals surface area contributed by atoms with E-state index in [9.17, 15) is 45.0 Å². The molecule has 0 bridgehead atoms. The molecule has 0 radical (unpaired) electrons. The molecular weight excluding hydrogens is 396 g/mol. The van der Waals surface area contributed by atoms with E-state index in [2.05, 4.69) is 9.47 Å². The molecular formula is C13H22O15. The van der Waals surface area contributed by atoms with Crippen LogP contribution in [0.3, 0.4) is 0 Å². The highest BCUT2D eigenvalue weighted by atomic mass is 16.8. The lowest BCUT2D eigenvalue weighted by atomic mass is 10.0. The van der Waals surface area contributed by atoms with Crippen LogP contribution in [0.4, 0.5) is 4.79 Å². The van der Waals surface area contributed by atoms with Crippen LogP contribution in [0.2, 0.25) is 0 Å². The molecule has 0 spiro atoms. The van der Waals surface area contributed by atoms with Crippen LogP contribution in [0.25, 0.3) is 0 Å². The number of hydrogen-bond donors (Lipinski definition) is 10. The van der Waals surface area contributed by atoms with Gasteiger partial charge in [0.25, 0.3) is 0 Å². The van der Waals surface area contributed by atoms with Crippen molar-refractivity contribution in [3.63, 3.8) is 0 Å². The highest BCUT2D eigenvalue weighted by molar-refractivity contribution is 5.91. The predicted molar refractivity (Wildman–Crippen MR) is 79.8 cm³/mol. The summed E-state index contributed by atoms with van der Waals surface area (Å²) in [5.41, 5.74) is 0. The Morgan fingerprint density at radius 2 is 0.857 bits per heavy atom. The van der Waals surface area contributed by atoms with Crippen molar-refractivity contribution in [2.45, 2.75) is 48.8 Å². The third-order valence-corrected chi connectivity index (χ3v) is 3.36. The Labute approximate surface area is 156 Å². The average molecular weight is 418 g/mol. The number of rotatable bonds is 10. The Bertz CT molecular complexity index is 480. The summed E-state index contributed by atoms with van der Waals surface area (Å²) in [6.45, 7) is -2.10. The van der Waals surface area contributed by atoms with E-state index in [1.54, 1.807) is 0 Å². The monoisotopic (exact) mass is 418 g/mol. The van der Waals surface area contributed by atoms with Crippen LogP contribution in [0.15, 0.2) is 0 Å². The van der Waals surface area contributed by atoms with Crippen LogP contribution in [0.1, 0.15) is 0 Å². The number of aliphatic hydroxyl groups excluding tert-OH is 10. The van der Waals surface area contributed by atoms with E-state index in [0.29, 0.717) is 0 Å². The third kappa shape index (κ3) is 7.32. The maximum atomic E-state index is 11.4. The lowest BCUT2D eigenvalue weighted by Gasteiger charge is -2.24. The minimum atomic E-state index is -2.63. The van der Waals surface area contributed by atoms with Crippen molar-refractivity contribution in [1.29, 1.82) is 0 Å². The largest absolute Gasteiger partial charge is 0.524 e. The average Bonchev–Trinajstić information content (AvgIpc) is 2.68. The van der Waals surface area contributed by atoms with E-state index < -0.39 is 80.1 Å². The summed E-state index contributed by atoms with van der Waals surface area (Å²) in [4.78, 5) is 34.1. The molecule has 0 fully saturated rings.